The molecule has 1 aliphatic heterocycles. The number of aliphatic imine (C=N–C) groups is 1. The van der Waals surface area contributed by atoms with Crippen molar-refractivity contribution in [1.29, 1.82) is 0 Å². The number of rotatable bonds is 7. The molecule has 0 bridgehead atoms. The Labute approximate surface area is 161 Å². The lowest BCUT2D eigenvalue weighted by molar-refractivity contribution is 0.251. The molecule has 2 aromatic rings. The van der Waals surface area contributed by atoms with E-state index >= 15 is 0 Å². The molecule has 0 aromatic heterocycles. The monoisotopic (exact) mass is 368 g/mol. The van der Waals surface area contributed by atoms with Crippen LogP contribution in [0.4, 0.5) is 5.69 Å². The molecule has 1 fully saturated rings. The average molecular weight is 368 g/mol. The molecular formula is C21H28N4O2. The highest BCUT2D eigenvalue weighted by Gasteiger charge is 2.23. The van der Waals surface area contributed by atoms with Gasteiger partial charge < -0.3 is 20.5 Å². The Hall–Kier alpha value is -2.73. The van der Waals surface area contributed by atoms with E-state index in [-0.39, 0.29) is 6.04 Å². The second-order valence-corrected chi connectivity index (χ2v) is 6.61. The second kappa shape index (κ2) is 9.28. The summed E-state index contributed by atoms with van der Waals surface area (Å²) in [5.41, 5.74) is 8.21. The summed E-state index contributed by atoms with van der Waals surface area (Å²) in [7, 11) is 3.34. The third-order valence-electron chi connectivity index (χ3n) is 4.86. The van der Waals surface area contributed by atoms with Crippen molar-refractivity contribution in [3.8, 4) is 11.5 Å². The smallest absolute Gasteiger partial charge is 0.193 e. The molecule has 3 rings (SSSR count). The summed E-state index contributed by atoms with van der Waals surface area (Å²) in [5.74, 6) is 2.08. The molecule has 6 nitrogen and oxygen atoms in total. The van der Waals surface area contributed by atoms with Gasteiger partial charge in [-0.05, 0) is 67.9 Å². The van der Waals surface area contributed by atoms with Crippen molar-refractivity contribution in [3.63, 3.8) is 0 Å². The van der Waals surface area contributed by atoms with Gasteiger partial charge in [-0.3, -0.25) is 9.89 Å². The number of guanidine groups is 1. The summed E-state index contributed by atoms with van der Waals surface area (Å²) in [6.45, 7) is 2.77. The molecule has 1 atom stereocenters. The number of hydrogen-bond donors (Lipinski definition) is 2. The number of hydrogen-bond acceptors (Lipinski definition) is 4. The first-order valence-electron chi connectivity index (χ1n) is 9.28. The Morgan fingerprint density at radius 1 is 1.07 bits per heavy atom. The van der Waals surface area contributed by atoms with Crippen LogP contribution in [0.2, 0.25) is 0 Å². The van der Waals surface area contributed by atoms with Gasteiger partial charge in [0.05, 0.1) is 26.8 Å². The largest absolute Gasteiger partial charge is 0.497 e. The molecule has 3 N–H and O–H groups in total. The number of nitrogens with one attached hydrogen (secondary N) is 1. The molecule has 1 unspecified atom stereocenters. The number of nitrogens with two attached hydrogens (primary N) is 1. The third-order valence-corrected chi connectivity index (χ3v) is 4.86. The minimum atomic E-state index is 0.193. The minimum Gasteiger partial charge on any atom is -0.497 e. The van der Waals surface area contributed by atoms with E-state index in [1.54, 1.807) is 14.2 Å². The fourth-order valence-electron chi connectivity index (χ4n) is 3.38. The number of ether oxygens (including phenoxy) is 2. The number of anilines is 1. The second-order valence-electron chi connectivity index (χ2n) is 6.61. The van der Waals surface area contributed by atoms with E-state index < -0.39 is 0 Å². The molecule has 27 heavy (non-hydrogen) atoms. The Morgan fingerprint density at radius 2 is 1.78 bits per heavy atom. The van der Waals surface area contributed by atoms with Crippen LogP contribution in [0.5, 0.6) is 11.5 Å². The van der Waals surface area contributed by atoms with E-state index in [2.05, 4.69) is 27.3 Å². The molecule has 0 aliphatic carbocycles. The van der Waals surface area contributed by atoms with Crippen molar-refractivity contribution >= 4 is 11.6 Å². The van der Waals surface area contributed by atoms with Gasteiger partial charge in [-0.15, -0.1) is 0 Å². The van der Waals surface area contributed by atoms with Crippen molar-refractivity contribution in [1.82, 2.24) is 4.90 Å². The summed E-state index contributed by atoms with van der Waals surface area (Å²) in [6, 6.07) is 16.0. The lowest BCUT2D eigenvalue weighted by atomic mass is 10.1. The first-order valence-corrected chi connectivity index (χ1v) is 9.28. The zero-order chi connectivity index (χ0) is 19.1. The van der Waals surface area contributed by atoms with E-state index in [0.717, 1.165) is 30.3 Å². The minimum absolute atomic E-state index is 0.193. The molecule has 0 spiro atoms. The van der Waals surface area contributed by atoms with Crippen LogP contribution in [0.25, 0.3) is 0 Å². The topological polar surface area (TPSA) is 72.1 Å². The fourth-order valence-corrected chi connectivity index (χ4v) is 3.38. The Kier molecular flexibility index (Phi) is 6.54. The third kappa shape index (κ3) is 5.14. The number of likely N-dealkylation sites (tertiary alicyclic amines) is 1. The van der Waals surface area contributed by atoms with E-state index in [1.807, 2.05) is 36.4 Å². The zero-order valence-electron chi connectivity index (χ0n) is 16.0. The number of nitrogens with zero attached hydrogens (tertiary/aromatic N) is 2. The number of methoxy groups -OCH3 is 2. The molecule has 1 aliphatic rings. The maximum absolute atomic E-state index is 6.12. The fraction of sp³-hybridized carbons (Fsp3) is 0.381. The molecule has 0 radical (unpaired) electrons. The Morgan fingerprint density at radius 3 is 2.44 bits per heavy atom. The first-order chi connectivity index (χ1) is 13.2. The summed E-state index contributed by atoms with van der Waals surface area (Å²) in [5, 5.41) is 3.14. The zero-order valence-corrected chi connectivity index (χ0v) is 16.0. The van der Waals surface area contributed by atoms with Crippen molar-refractivity contribution in [2.75, 3.05) is 39.2 Å². The standard InChI is InChI=1S/C21H28N4O2/c1-26-18-10-8-17(9-11-18)24-21(22)23-15-20(25-12-3-4-13-25)16-6-5-7-19(14-16)27-2/h5-11,14,20H,3-4,12-13,15H2,1-2H3,(H3,22,23,24). The van der Waals surface area contributed by atoms with Crippen LogP contribution >= 0.6 is 0 Å². The van der Waals surface area contributed by atoms with Gasteiger partial charge in [0.25, 0.3) is 0 Å². The number of benzene rings is 2. The lowest BCUT2D eigenvalue weighted by Gasteiger charge is -2.27. The molecule has 144 valence electrons. The Bertz CT molecular complexity index is 755. The van der Waals surface area contributed by atoms with Crippen LogP contribution in [-0.2, 0) is 0 Å². The van der Waals surface area contributed by atoms with Gasteiger partial charge >= 0.3 is 0 Å². The predicted molar refractivity (Wildman–Crippen MR) is 110 cm³/mol. The molecule has 0 saturated carbocycles. The average Bonchev–Trinajstić information content (AvgIpc) is 3.23. The van der Waals surface area contributed by atoms with E-state index in [4.69, 9.17) is 15.2 Å². The normalized spacial score (nSPS) is 16.1. The van der Waals surface area contributed by atoms with Gasteiger partial charge in [0.15, 0.2) is 5.96 Å². The van der Waals surface area contributed by atoms with Crippen molar-refractivity contribution in [2.24, 2.45) is 10.7 Å². The summed E-state index contributed by atoms with van der Waals surface area (Å²) in [6.07, 6.45) is 2.45. The van der Waals surface area contributed by atoms with Gasteiger partial charge in [0, 0.05) is 5.69 Å². The highest BCUT2D eigenvalue weighted by atomic mass is 16.5. The highest BCUT2D eigenvalue weighted by Crippen LogP contribution is 2.28. The van der Waals surface area contributed by atoms with Crippen molar-refractivity contribution in [3.05, 3.63) is 54.1 Å². The van der Waals surface area contributed by atoms with Crippen LogP contribution < -0.4 is 20.5 Å². The summed E-state index contributed by atoms with van der Waals surface area (Å²) < 4.78 is 10.6. The van der Waals surface area contributed by atoms with E-state index in [1.165, 1.54) is 18.4 Å². The van der Waals surface area contributed by atoms with Crippen LogP contribution in [0, 0.1) is 0 Å². The molecule has 1 saturated heterocycles. The van der Waals surface area contributed by atoms with Gasteiger partial charge in [-0.1, -0.05) is 12.1 Å². The van der Waals surface area contributed by atoms with Crippen LogP contribution in [0.15, 0.2) is 53.5 Å². The van der Waals surface area contributed by atoms with Crippen LogP contribution in [0.3, 0.4) is 0 Å². The van der Waals surface area contributed by atoms with Crippen molar-refractivity contribution in [2.45, 2.75) is 18.9 Å². The predicted octanol–water partition coefficient (Wildman–Crippen LogP) is 3.27. The molecule has 6 heteroatoms. The summed E-state index contributed by atoms with van der Waals surface area (Å²) in [4.78, 5) is 7.08. The maximum Gasteiger partial charge on any atom is 0.193 e. The molecule has 1 heterocycles. The van der Waals surface area contributed by atoms with Crippen molar-refractivity contribution < 1.29 is 9.47 Å². The maximum atomic E-state index is 6.12. The van der Waals surface area contributed by atoms with Crippen LogP contribution in [-0.4, -0.2) is 44.7 Å². The van der Waals surface area contributed by atoms with Crippen LogP contribution in [0.1, 0.15) is 24.4 Å². The Balaban J connectivity index is 1.71. The molecular weight excluding hydrogens is 340 g/mol. The van der Waals surface area contributed by atoms with Gasteiger partial charge in [0.2, 0.25) is 0 Å². The summed E-state index contributed by atoms with van der Waals surface area (Å²) >= 11 is 0. The van der Waals surface area contributed by atoms with Gasteiger partial charge in [-0.25, -0.2) is 0 Å². The molecule has 2 aromatic carbocycles. The van der Waals surface area contributed by atoms with E-state index in [9.17, 15) is 0 Å². The quantitative estimate of drug-likeness (QED) is 0.580. The van der Waals surface area contributed by atoms with Gasteiger partial charge in [0.1, 0.15) is 11.5 Å². The lowest BCUT2D eigenvalue weighted by Crippen LogP contribution is -2.30. The molecule has 0 amide bonds. The van der Waals surface area contributed by atoms with E-state index in [0.29, 0.717) is 12.5 Å². The first kappa shape index (κ1) is 19.0. The highest BCUT2D eigenvalue weighted by molar-refractivity contribution is 5.92. The van der Waals surface area contributed by atoms with Gasteiger partial charge in [-0.2, -0.15) is 0 Å². The SMILES string of the molecule is COc1ccc(NC(N)=NCC(c2cccc(OC)c2)N2CCCC2)cc1.